The first-order chi connectivity index (χ1) is 13.2. The molecular weight excluding hydrogens is 379 g/mol. The highest BCUT2D eigenvalue weighted by molar-refractivity contribution is 7.18. The molecule has 4 nitrogen and oxygen atoms in total. The average molecular weight is 399 g/mol. The van der Waals surface area contributed by atoms with Gasteiger partial charge in [0.25, 0.3) is 0 Å². The number of rotatable bonds is 3. The van der Waals surface area contributed by atoms with E-state index in [9.17, 15) is 4.39 Å². The molecule has 0 unspecified atom stereocenters. The number of hydrogen-bond donors (Lipinski definition) is 2. The molecule has 4 aromatic rings. The van der Waals surface area contributed by atoms with Crippen LogP contribution in [0.4, 0.5) is 15.8 Å². The number of benzene rings is 1. The Morgan fingerprint density at radius 1 is 1.22 bits per heavy atom. The zero-order chi connectivity index (χ0) is 18.4. The van der Waals surface area contributed by atoms with Crippen molar-refractivity contribution in [3.05, 3.63) is 46.7 Å². The Morgan fingerprint density at radius 2 is 2.15 bits per heavy atom. The quantitative estimate of drug-likeness (QED) is 0.469. The van der Waals surface area contributed by atoms with Gasteiger partial charge in [-0.05, 0) is 50.6 Å². The molecule has 7 heteroatoms. The van der Waals surface area contributed by atoms with Gasteiger partial charge in [-0.25, -0.2) is 14.4 Å². The smallest absolute Gasteiger partial charge is 0.148 e. The predicted molar refractivity (Wildman–Crippen MR) is 112 cm³/mol. The van der Waals surface area contributed by atoms with Crippen LogP contribution in [0.3, 0.4) is 0 Å². The van der Waals surface area contributed by atoms with Crippen molar-refractivity contribution in [2.75, 3.05) is 11.9 Å². The number of nitrogens with zero attached hydrogens (tertiary/aromatic N) is 2. The number of piperidine rings is 1. The zero-order valence-electron chi connectivity index (χ0n) is 14.8. The fourth-order valence-corrected chi connectivity index (χ4v) is 5.75. The second kappa shape index (κ2) is 6.82. The lowest BCUT2D eigenvalue weighted by molar-refractivity contribution is 0.375. The topological polar surface area (TPSA) is 49.8 Å². The van der Waals surface area contributed by atoms with Gasteiger partial charge < -0.3 is 10.6 Å². The Hall–Kier alpha value is -2.09. The van der Waals surface area contributed by atoms with E-state index in [1.165, 1.54) is 29.1 Å². The third kappa shape index (κ3) is 3.09. The molecule has 0 bridgehead atoms. The van der Waals surface area contributed by atoms with Crippen LogP contribution in [0.15, 0.2) is 36.0 Å². The van der Waals surface area contributed by atoms with Gasteiger partial charge >= 0.3 is 0 Å². The van der Waals surface area contributed by atoms with Gasteiger partial charge in [-0.3, -0.25) is 0 Å². The third-order valence-electron chi connectivity index (χ3n) is 5.27. The van der Waals surface area contributed by atoms with Gasteiger partial charge in [0.1, 0.15) is 10.6 Å². The number of nitrogens with one attached hydrogen (secondary N) is 2. The molecule has 1 aromatic carbocycles. The molecule has 0 radical (unpaired) electrons. The van der Waals surface area contributed by atoms with E-state index in [1.54, 1.807) is 35.2 Å². The first-order valence-corrected chi connectivity index (χ1v) is 10.8. The number of aromatic nitrogens is 2. The second-order valence-electron chi connectivity index (χ2n) is 6.99. The van der Waals surface area contributed by atoms with E-state index in [4.69, 9.17) is 0 Å². The molecule has 1 aliphatic heterocycles. The Kier molecular flexibility index (Phi) is 4.30. The Balaban J connectivity index is 1.53. The molecule has 138 valence electrons. The van der Waals surface area contributed by atoms with Gasteiger partial charge in [-0.15, -0.1) is 22.7 Å². The van der Waals surface area contributed by atoms with Crippen LogP contribution in [0.2, 0.25) is 0 Å². The van der Waals surface area contributed by atoms with Gasteiger partial charge in [0.15, 0.2) is 0 Å². The minimum Gasteiger partial charge on any atom is -0.352 e. The third-order valence-corrected chi connectivity index (χ3v) is 7.24. The highest BCUT2D eigenvalue weighted by Gasteiger charge is 2.25. The predicted octanol–water partition coefficient (Wildman–Crippen LogP) is 5.64. The van der Waals surface area contributed by atoms with Crippen molar-refractivity contribution in [1.82, 2.24) is 15.3 Å². The van der Waals surface area contributed by atoms with Crippen molar-refractivity contribution in [2.24, 2.45) is 0 Å². The molecule has 27 heavy (non-hydrogen) atoms. The Morgan fingerprint density at radius 3 is 3.04 bits per heavy atom. The summed E-state index contributed by atoms with van der Waals surface area (Å²) in [4.78, 5) is 11.2. The highest BCUT2D eigenvalue weighted by Crippen LogP contribution is 2.39. The van der Waals surface area contributed by atoms with Gasteiger partial charge in [-0.1, -0.05) is 0 Å². The van der Waals surface area contributed by atoms with Crippen molar-refractivity contribution < 1.29 is 4.39 Å². The van der Waals surface area contributed by atoms with E-state index in [0.717, 1.165) is 32.7 Å². The highest BCUT2D eigenvalue weighted by atomic mass is 32.1. The number of halogens is 1. The molecule has 4 heterocycles. The summed E-state index contributed by atoms with van der Waals surface area (Å²) in [7, 11) is 0. The zero-order valence-corrected chi connectivity index (χ0v) is 16.5. The fraction of sp³-hybridized carbons (Fsp3) is 0.300. The SMILES string of the molecule is C[C@H]1NCCC[C@H]1c1cc2c(Nc3cc4ncsc4cc3F)ccnc2s1. The lowest BCUT2D eigenvalue weighted by Gasteiger charge is -2.29. The number of thiazole rings is 1. The number of hydrogen-bond acceptors (Lipinski definition) is 6. The Labute approximate surface area is 164 Å². The number of thiophene rings is 1. The minimum absolute atomic E-state index is 0.266. The van der Waals surface area contributed by atoms with Gasteiger partial charge in [0.05, 0.1) is 27.1 Å². The average Bonchev–Trinajstić information content (AvgIpc) is 3.29. The summed E-state index contributed by atoms with van der Waals surface area (Å²) in [5.74, 6) is 0.242. The van der Waals surface area contributed by atoms with E-state index in [2.05, 4.69) is 33.6 Å². The Bertz CT molecular complexity index is 1120. The molecular formula is C20H19FN4S2. The summed E-state index contributed by atoms with van der Waals surface area (Å²) in [5.41, 5.74) is 3.87. The largest absolute Gasteiger partial charge is 0.352 e. The van der Waals surface area contributed by atoms with E-state index < -0.39 is 0 Å². The molecule has 0 amide bonds. The molecule has 1 fully saturated rings. The summed E-state index contributed by atoms with van der Waals surface area (Å²) in [5, 5.41) is 7.88. The molecule has 0 saturated carbocycles. The summed E-state index contributed by atoms with van der Waals surface area (Å²) in [6.07, 6.45) is 4.17. The lowest BCUT2D eigenvalue weighted by Crippen LogP contribution is -2.37. The number of anilines is 2. The summed E-state index contributed by atoms with van der Waals surface area (Å²) in [6.45, 7) is 3.34. The summed E-state index contributed by atoms with van der Waals surface area (Å²) < 4.78 is 15.4. The maximum atomic E-state index is 14.5. The first-order valence-electron chi connectivity index (χ1n) is 9.10. The molecule has 3 aromatic heterocycles. The van der Waals surface area contributed by atoms with Crippen molar-refractivity contribution in [2.45, 2.75) is 31.7 Å². The monoisotopic (exact) mass is 398 g/mol. The van der Waals surface area contributed by atoms with Crippen LogP contribution < -0.4 is 10.6 Å². The van der Waals surface area contributed by atoms with E-state index in [0.29, 0.717) is 17.6 Å². The van der Waals surface area contributed by atoms with E-state index in [-0.39, 0.29) is 5.82 Å². The lowest BCUT2D eigenvalue weighted by atomic mass is 9.90. The van der Waals surface area contributed by atoms with Crippen molar-refractivity contribution in [3.8, 4) is 0 Å². The normalized spacial score (nSPS) is 20.4. The van der Waals surface area contributed by atoms with Gasteiger partial charge in [0, 0.05) is 28.4 Å². The van der Waals surface area contributed by atoms with E-state index in [1.807, 2.05) is 6.07 Å². The van der Waals surface area contributed by atoms with Gasteiger partial charge in [-0.2, -0.15) is 0 Å². The molecule has 1 aliphatic rings. The fourth-order valence-electron chi connectivity index (χ4n) is 3.80. The van der Waals surface area contributed by atoms with Crippen LogP contribution >= 0.6 is 22.7 Å². The summed E-state index contributed by atoms with van der Waals surface area (Å²) >= 11 is 3.19. The molecule has 2 atom stereocenters. The van der Waals surface area contributed by atoms with Crippen LogP contribution in [0, 0.1) is 5.82 Å². The molecule has 5 rings (SSSR count). The van der Waals surface area contributed by atoms with Crippen LogP contribution in [0.25, 0.3) is 20.4 Å². The molecule has 0 aliphatic carbocycles. The van der Waals surface area contributed by atoms with Gasteiger partial charge in [0.2, 0.25) is 0 Å². The second-order valence-corrected chi connectivity index (χ2v) is 8.94. The van der Waals surface area contributed by atoms with Crippen LogP contribution in [-0.4, -0.2) is 22.6 Å². The van der Waals surface area contributed by atoms with Crippen LogP contribution in [-0.2, 0) is 0 Å². The minimum atomic E-state index is -0.266. The number of fused-ring (bicyclic) bond motifs is 2. The summed E-state index contributed by atoms with van der Waals surface area (Å²) in [6, 6.07) is 7.91. The van der Waals surface area contributed by atoms with Crippen LogP contribution in [0.5, 0.6) is 0 Å². The molecule has 1 saturated heterocycles. The molecule has 2 N–H and O–H groups in total. The maximum Gasteiger partial charge on any atom is 0.148 e. The van der Waals surface area contributed by atoms with Crippen molar-refractivity contribution in [1.29, 1.82) is 0 Å². The standard InChI is InChI=1S/C20H19FN4S2/c1-11-12(3-2-5-22-11)18-7-13-15(4-6-23-20(13)27-18)25-16-9-17-19(8-14(16)21)26-10-24-17/h4,6-12,22H,2-3,5H2,1H3,(H,23,25)/t11-,12-/m1/s1. The van der Waals surface area contributed by atoms with Crippen molar-refractivity contribution in [3.63, 3.8) is 0 Å². The maximum absolute atomic E-state index is 14.5. The molecule has 0 spiro atoms. The van der Waals surface area contributed by atoms with Crippen LogP contribution in [0.1, 0.15) is 30.6 Å². The van der Waals surface area contributed by atoms with E-state index >= 15 is 0 Å². The first kappa shape index (κ1) is 17.0. The van der Waals surface area contributed by atoms with Crippen molar-refractivity contribution >= 4 is 54.5 Å². The number of pyridine rings is 1.